The third-order valence-electron chi connectivity index (χ3n) is 4.28. The molecule has 1 aliphatic heterocycles. The number of anilines is 2. The molecule has 0 radical (unpaired) electrons. The quantitative estimate of drug-likeness (QED) is 0.836. The zero-order chi connectivity index (χ0) is 18.9. The Morgan fingerprint density at radius 2 is 1.81 bits per heavy atom. The van der Waals surface area contributed by atoms with Crippen LogP contribution in [0.5, 0.6) is 0 Å². The highest BCUT2D eigenvalue weighted by Crippen LogP contribution is 2.33. The lowest BCUT2D eigenvalue weighted by Crippen LogP contribution is -2.35. The lowest BCUT2D eigenvalue weighted by Gasteiger charge is -2.17. The Labute approximate surface area is 148 Å². The van der Waals surface area contributed by atoms with Crippen molar-refractivity contribution in [2.45, 2.75) is 32.0 Å². The molecule has 0 aromatic heterocycles. The van der Waals surface area contributed by atoms with Crippen LogP contribution in [-0.4, -0.2) is 17.9 Å². The predicted octanol–water partition coefficient (Wildman–Crippen LogP) is 4.01. The fraction of sp³-hybridized carbons (Fsp3) is 0.263. The Balaban J connectivity index is 1.80. The molecule has 136 valence electrons. The van der Waals surface area contributed by atoms with Crippen molar-refractivity contribution in [1.82, 2.24) is 0 Å². The van der Waals surface area contributed by atoms with Crippen LogP contribution in [0.25, 0.3) is 0 Å². The number of hydrogen-bond acceptors (Lipinski definition) is 3. The Morgan fingerprint density at radius 3 is 2.42 bits per heavy atom. The third-order valence-corrected chi connectivity index (χ3v) is 4.28. The molecule has 1 aliphatic rings. The predicted molar refractivity (Wildman–Crippen MR) is 91.8 cm³/mol. The van der Waals surface area contributed by atoms with E-state index in [4.69, 9.17) is 0 Å². The number of alkyl halides is 3. The zero-order valence-corrected chi connectivity index (χ0v) is 14.0. The second kappa shape index (κ2) is 6.82. The van der Waals surface area contributed by atoms with Crippen molar-refractivity contribution in [2.24, 2.45) is 0 Å². The van der Waals surface area contributed by atoms with E-state index in [-0.39, 0.29) is 12.1 Å². The third kappa shape index (κ3) is 3.56. The number of rotatable bonds is 4. The lowest BCUT2D eigenvalue weighted by atomic mass is 10.1. The summed E-state index contributed by atoms with van der Waals surface area (Å²) in [5.41, 5.74) is 0.844. The largest absolute Gasteiger partial charge is 0.416 e. The van der Waals surface area contributed by atoms with Crippen LogP contribution in [0.3, 0.4) is 0 Å². The van der Waals surface area contributed by atoms with E-state index in [9.17, 15) is 22.8 Å². The molecule has 1 saturated heterocycles. The van der Waals surface area contributed by atoms with E-state index in [1.165, 1.54) is 12.1 Å². The molecule has 7 heteroatoms. The van der Waals surface area contributed by atoms with E-state index >= 15 is 0 Å². The van der Waals surface area contributed by atoms with E-state index in [1.54, 1.807) is 0 Å². The van der Waals surface area contributed by atoms with E-state index < -0.39 is 29.6 Å². The first-order chi connectivity index (χ1) is 12.3. The molecule has 0 aliphatic carbocycles. The van der Waals surface area contributed by atoms with Gasteiger partial charge in [-0.2, -0.15) is 13.2 Å². The average molecular weight is 362 g/mol. The fourth-order valence-corrected chi connectivity index (χ4v) is 2.88. The SMILES string of the molecule is CCc1ccc(NC2CC(=O)N(c3cccc(C(F)(F)F)c3)C2=O)cc1. The van der Waals surface area contributed by atoms with Crippen LogP contribution in [0.15, 0.2) is 48.5 Å². The van der Waals surface area contributed by atoms with Gasteiger partial charge in [0.1, 0.15) is 6.04 Å². The molecular formula is C19H17F3N2O2. The molecule has 2 amide bonds. The number of imide groups is 1. The van der Waals surface area contributed by atoms with Gasteiger partial charge in [-0.15, -0.1) is 0 Å². The molecule has 0 saturated carbocycles. The maximum absolute atomic E-state index is 12.9. The number of carbonyl (C=O) groups is 2. The van der Waals surface area contributed by atoms with Crippen molar-refractivity contribution in [3.05, 3.63) is 59.7 Å². The van der Waals surface area contributed by atoms with Crippen molar-refractivity contribution in [1.29, 1.82) is 0 Å². The van der Waals surface area contributed by atoms with Gasteiger partial charge in [0.25, 0.3) is 5.91 Å². The van der Waals surface area contributed by atoms with Gasteiger partial charge in [0.05, 0.1) is 17.7 Å². The number of halogens is 3. The van der Waals surface area contributed by atoms with Crippen LogP contribution >= 0.6 is 0 Å². The second-order valence-corrected chi connectivity index (χ2v) is 6.07. The summed E-state index contributed by atoms with van der Waals surface area (Å²) >= 11 is 0. The van der Waals surface area contributed by atoms with Gasteiger partial charge in [-0.3, -0.25) is 9.59 Å². The summed E-state index contributed by atoms with van der Waals surface area (Å²) < 4.78 is 38.6. The van der Waals surface area contributed by atoms with Crippen LogP contribution in [0.1, 0.15) is 24.5 Å². The van der Waals surface area contributed by atoms with Gasteiger partial charge in [0.2, 0.25) is 5.91 Å². The minimum Gasteiger partial charge on any atom is -0.373 e. The first kappa shape index (κ1) is 18.0. The molecule has 4 nitrogen and oxygen atoms in total. The second-order valence-electron chi connectivity index (χ2n) is 6.07. The number of hydrogen-bond donors (Lipinski definition) is 1. The van der Waals surface area contributed by atoms with Crippen molar-refractivity contribution in [3.63, 3.8) is 0 Å². The molecule has 1 heterocycles. The zero-order valence-electron chi connectivity index (χ0n) is 14.0. The first-order valence-corrected chi connectivity index (χ1v) is 8.19. The summed E-state index contributed by atoms with van der Waals surface area (Å²) in [4.78, 5) is 25.6. The van der Waals surface area contributed by atoms with E-state index in [0.29, 0.717) is 5.69 Å². The van der Waals surface area contributed by atoms with E-state index in [1.807, 2.05) is 31.2 Å². The molecule has 26 heavy (non-hydrogen) atoms. The summed E-state index contributed by atoms with van der Waals surface area (Å²) in [6.45, 7) is 2.02. The van der Waals surface area contributed by atoms with Crippen molar-refractivity contribution >= 4 is 23.2 Å². The van der Waals surface area contributed by atoms with Crippen molar-refractivity contribution < 1.29 is 22.8 Å². The number of benzene rings is 2. The molecule has 0 spiro atoms. The highest BCUT2D eigenvalue weighted by atomic mass is 19.4. The summed E-state index contributed by atoms with van der Waals surface area (Å²) in [6.07, 6.45) is -3.77. The number of amides is 2. The van der Waals surface area contributed by atoms with Crippen LogP contribution in [0.2, 0.25) is 0 Å². The van der Waals surface area contributed by atoms with E-state index in [0.717, 1.165) is 29.0 Å². The highest BCUT2D eigenvalue weighted by Gasteiger charge is 2.40. The van der Waals surface area contributed by atoms with Crippen molar-refractivity contribution in [3.8, 4) is 0 Å². The normalized spacial score (nSPS) is 17.7. The van der Waals surface area contributed by atoms with Gasteiger partial charge in [-0.05, 0) is 42.3 Å². The Kier molecular flexibility index (Phi) is 4.71. The number of aryl methyl sites for hydroxylation is 1. The molecule has 1 atom stereocenters. The molecule has 0 bridgehead atoms. The van der Waals surface area contributed by atoms with Crippen LogP contribution in [0.4, 0.5) is 24.5 Å². The van der Waals surface area contributed by atoms with E-state index in [2.05, 4.69) is 5.32 Å². The van der Waals surface area contributed by atoms with Gasteiger partial charge in [0, 0.05) is 5.69 Å². The van der Waals surface area contributed by atoms with Gasteiger partial charge >= 0.3 is 6.18 Å². The Morgan fingerprint density at radius 1 is 1.12 bits per heavy atom. The smallest absolute Gasteiger partial charge is 0.373 e. The standard InChI is InChI=1S/C19H17F3N2O2/c1-2-12-6-8-14(9-7-12)23-16-11-17(25)24(18(16)26)15-5-3-4-13(10-15)19(20,21)22/h3-10,16,23H,2,11H2,1H3. The Bertz CT molecular complexity index is 831. The summed E-state index contributed by atoms with van der Waals surface area (Å²) in [6, 6.07) is 10.9. The molecule has 1 unspecified atom stereocenters. The lowest BCUT2D eigenvalue weighted by molar-refractivity contribution is -0.137. The molecule has 1 fully saturated rings. The summed E-state index contributed by atoms with van der Waals surface area (Å²) in [5.74, 6) is -1.09. The maximum atomic E-state index is 12.9. The average Bonchev–Trinajstić information content (AvgIpc) is 2.88. The molecular weight excluding hydrogens is 345 g/mol. The highest BCUT2D eigenvalue weighted by molar-refractivity contribution is 6.23. The summed E-state index contributed by atoms with van der Waals surface area (Å²) in [7, 11) is 0. The maximum Gasteiger partial charge on any atom is 0.416 e. The van der Waals surface area contributed by atoms with Gasteiger partial charge in [0.15, 0.2) is 0 Å². The minimum atomic E-state index is -4.54. The number of nitrogens with zero attached hydrogens (tertiary/aromatic N) is 1. The number of carbonyl (C=O) groups excluding carboxylic acids is 2. The van der Waals surface area contributed by atoms with Crippen LogP contribution in [-0.2, 0) is 22.2 Å². The Hall–Kier alpha value is -2.83. The topological polar surface area (TPSA) is 49.4 Å². The first-order valence-electron chi connectivity index (χ1n) is 8.19. The molecule has 2 aromatic rings. The minimum absolute atomic E-state index is 0.0690. The van der Waals surface area contributed by atoms with Crippen molar-refractivity contribution in [2.75, 3.05) is 10.2 Å². The van der Waals surface area contributed by atoms with Gasteiger partial charge in [-0.25, -0.2) is 4.90 Å². The fourth-order valence-electron chi connectivity index (χ4n) is 2.88. The molecule has 3 rings (SSSR count). The summed E-state index contributed by atoms with van der Waals surface area (Å²) in [5, 5.41) is 2.98. The molecule has 1 N–H and O–H groups in total. The van der Waals surface area contributed by atoms with Crippen LogP contribution < -0.4 is 10.2 Å². The number of nitrogens with one attached hydrogen (secondary N) is 1. The van der Waals surface area contributed by atoms with Crippen LogP contribution in [0, 0.1) is 0 Å². The monoisotopic (exact) mass is 362 g/mol. The molecule has 2 aromatic carbocycles. The van der Waals surface area contributed by atoms with Gasteiger partial charge < -0.3 is 5.32 Å². The van der Waals surface area contributed by atoms with Gasteiger partial charge in [-0.1, -0.05) is 25.1 Å².